The van der Waals surface area contributed by atoms with Crippen LogP contribution in [0.3, 0.4) is 0 Å². The molecule has 0 atom stereocenters. The summed E-state index contributed by atoms with van der Waals surface area (Å²) in [6.45, 7) is -0.552. The van der Waals surface area contributed by atoms with Crippen molar-refractivity contribution in [2.24, 2.45) is 21.5 Å². The van der Waals surface area contributed by atoms with Gasteiger partial charge in [-0.05, 0) is 24.3 Å². The molecule has 0 aliphatic rings. The van der Waals surface area contributed by atoms with E-state index in [1.165, 1.54) is 7.11 Å². The Morgan fingerprint density at radius 3 is 2.44 bits per heavy atom. The normalized spacial score (nSPS) is 10.8. The first-order chi connectivity index (χ1) is 8.51. The van der Waals surface area contributed by atoms with Gasteiger partial charge >= 0.3 is 0 Å². The van der Waals surface area contributed by atoms with Crippen LogP contribution in [0, 0.1) is 10.1 Å². The molecule has 0 amide bonds. The molecule has 1 aromatic carbocycles. The van der Waals surface area contributed by atoms with Gasteiger partial charge in [0, 0.05) is 4.92 Å². The highest BCUT2D eigenvalue weighted by molar-refractivity contribution is 5.96. The first-order valence-electron chi connectivity index (χ1n) is 4.94. The van der Waals surface area contributed by atoms with Gasteiger partial charge in [-0.25, -0.2) is 4.99 Å². The number of nitro groups is 1. The SMILES string of the molecule is COc1ccc(N=C(C[N+](=O)[O-])N=C(N)N)cc1. The van der Waals surface area contributed by atoms with E-state index in [1.807, 2.05) is 0 Å². The maximum Gasteiger partial charge on any atom is 0.262 e. The number of benzene rings is 1. The third-order valence-corrected chi connectivity index (χ3v) is 1.86. The summed E-state index contributed by atoms with van der Waals surface area (Å²) in [5.74, 6) is 0.320. The molecule has 0 saturated heterocycles. The van der Waals surface area contributed by atoms with E-state index >= 15 is 0 Å². The summed E-state index contributed by atoms with van der Waals surface area (Å²) in [4.78, 5) is 17.5. The number of hydrogen-bond acceptors (Lipinski definition) is 4. The van der Waals surface area contributed by atoms with E-state index in [9.17, 15) is 10.1 Å². The fraction of sp³-hybridized carbons (Fsp3) is 0.200. The molecule has 18 heavy (non-hydrogen) atoms. The van der Waals surface area contributed by atoms with Gasteiger partial charge < -0.3 is 16.2 Å². The van der Waals surface area contributed by atoms with Crippen molar-refractivity contribution in [1.29, 1.82) is 0 Å². The first kappa shape index (κ1) is 13.4. The standard InChI is InChI=1S/C10H13N5O3/c1-18-8-4-2-7(3-5-8)13-9(6-15(16)17)14-10(11)12/h2-5H,6H2,1H3,(H4,11,12,13,14). The van der Waals surface area contributed by atoms with Crippen LogP contribution in [-0.4, -0.2) is 30.4 Å². The molecule has 8 nitrogen and oxygen atoms in total. The molecule has 1 rings (SSSR count). The van der Waals surface area contributed by atoms with Crippen LogP contribution in [0.15, 0.2) is 34.3 Å². The van der Waals surface area contributed by atoms with Crippen molar-refractivity contribution in [1.82, 2.24) is 0 Å². The van der Waals surface area contributed by atoms with Crippen LogP contribution in [0.25, 0.3) is 0 Å². The maximum atomic E-state index is 10.4. The number of ether oxygens (including phenoxy) is 1. The highest BCUT2D eigenvalue weighted by atomic mass is 16.6. The molecule has 0 fully saturated rings. The quantitative estimate of drug-likeness (QED) is 0.343. The smallest absolute Gasteiger partial charge is 0.262 e. The Hall–Kier alpha value is -2.64. The van der Waals surface area contributed by atoms with Crippen LogP contribution >= 0.6 is 0 Å². The van der Waals surface area contributed by atoms with Crippen LogP contribution in [0.5, 0.6) is 5.75 Å². The molecule has 4 N–H and O–H groups in total. The Morgan fingerprint density at radius 2 is 2.00 bits per heavy atom. The molecule has 0 aliphatic carbocycles. The molecular weight excluding hydrogens is 238 g/mol. The lowest BCUT2D eigenvalue weighted by Crippen LogP contribution is -2.26. The zero-order valence-electron chi connectivity index (χ0n) is 9.74. The predicted molar refractivity (Wildman–Crippen MR) is 67.8 cm³/mol. The molecule has 0 saturated carbocycles. The molecule has 8 heteroatoms. The highest BCUT2D eigenvalue weighted by Gasteiger charge is 2.07. The second kappa shape index (κ2) is 6.18. The third-order valence-electron chi connectivity index (χ3n) is 1.86. The van der Waals surface area contributed by atoms with E-state index in [4.69, 9.17) is 16.2 Å². The van der Waals surface area contributed by atoms with Crippen LogP contribution in [0.4, 0.5) is 5.69 Å². The fourth-order valence-corrected chi connectivity index (χ4v) is 1.17. The summed E-state index contributed by atoms with van der Waals surface area (Å²) >= 11 is 0. The van der Waals surface area contributed by atoms with Crippen molar-refractivity contribution in [3.63, 3.8) is 0 Å². The van der Waals surface area contributed by atoms with E-state index in [0.29, 0.717) is 11.4 Å². The molecule has 96 valence electrons. The summed E-state index contributed by atoms with van der Waals surface area (Å²) < 4.78 is 4.98. The van der Waals surface area contributed by atoms with E-state index < -0.39 is 11.5 Å². The van der Waals surface area contributed by atoms with Gasteiger partial charge in [0.25, 0.3) is 6.54 Å². The number of guanidine groups is 1. The number of nitrogens with zero attached hydrogens (tertiary/aromatic N) is 3. The lowest BCUT2D eigenvalue weighted by molar-refractivity contribution is -0.463. The molecular formula is C10H13N5O3. The minimum Gasteiger partial charge on any atom is -0.497 e. The van der Waals surface area contributed by atoms with E-state index in [-0.39, 0.29) is 11.8 Å². The highest BCUT2D eigenvalue weighted by Crippen LogP contribution is 2.17. The van der Waals surface area contributed by atoms with Gasteiger partial charge in [-0.15, -0.1) is 0 Å². The van der Waals surface area contributed by atoms with Gasteiger partial charge in [0.05, 0.1) is 12.8 Å². The number of methoxy groups -OCH3 is 1. The lowest BCUT2D eigenvalue weighted by atomic mass is 10.3. The Balaban J connectivity index is 2.98. The minimum absolute atomic E-state index is 0.0647. The molecule has 1 aromatic rings. The number of aliphatic imine (C=N–C) groups is 2. The van der Waals surface area contributed by atoms with Crippen molar-refractivity contribution in [2.75, 3.05) is 13.7 Å². The summed E-state index contributed by atoms with van der Waals surface area (Å²) in [6.07, 6.45) is 0. The average molecular weight is 251 g/mol. The number of amidine groups is 1. The van der Waals surface area contributed by atoms with Crippen LogP contribution < -0.4 is 16.2 Å². The van der Waals surface area contributed by atoms with Gasteiger partial charge in [0.1, 0.15) is 5.75 Å². The number of rotatable bonds is 4. The summed E-state index contributed by atoms with van der Waals surface area (Å²) in [6, 6.07) is 6.64. The zero-order chi connectivity index (χ0) is 13.5. The molecule has 0 unspecified atom stereocenters. The van der Waals surface area contributed by atoms with Gasteiger partial charge in [-0.2, -0.15) is 4.99 Å². The van der Waals surface area contributed by atoms with Crippen LogP contribution in [0.2, 0.25) is 0 Å². The monoisotopic (exact) mass is 251 g/mol. The van der Waals surface area contributed by atoms with Gasteiger partial charge in [0.15, 0.2) is 5.96 Å². The van der Waals surface area contributed by atoms with Crippen molar-refractivity contribution in [3.05, 3.63) is 34.4 Å². The molecule has 0 spiro atoms. The lowest BCUT2D eigenvalue weighted by Gasteiger charge is -2.00. The van der Waals surface area contributed by atoms with E-state index in [0.717, 1.165) is 0 Å². The van der Waals surface area contributed by atoms with E-state index in [1.54, 1.807) is 24.3 Å². The summed E-state index contributed by atoms with van der Waals surface area (Å²) in [7, 11) is 1.54. The zero-order valence-corrected chi connectivity index (χ0v) is 9.74. The first-order valence-corrected chi connectivity index (χ1v) is 4.94. The average Bonchev–Trinajstić information content (AvgIpc) is 2.28. The van der Waals surface area contributed by atoms with Gasteiger partial charge in [0.2, 0.25) is 5.84 Å². The fourth-order valence-electron chi connectivity index (χ4n) is 1.17. The van der Waals surface area contributed by atoms with Crippen LogP contribution in [0.1, 0.15) is 0 Å². The Labute approximate surface area is 103 Å². The molecule has 0 heterocycles. The summed E-state index contributed by atoms with van der Waals surface area (Å²) in [5.41, 5.74) is 10.8. The van der Waals surface area contributed by atoms with Gasteiger partial charge in [-0.1, -0.05) is 0 Å². The molecule has 0 radical (unpaired) electrons. The third kappa shape index (κ3) is 4.47. The van der Waals surface area contributed by atoms with Gasteiger partial charge in [-0.3, -0.25) is 10.1 Å². The molecule has 0 aliphatic heterocycles. The number of nitrogens with two attached hydrogens (primary N) is 2. The molecule has 0 aromatic heterocycles. The Morgan fingerprint density at radius 1 is 1.39 bits per heavy atom. The topological polar surface area (TPSA) is 129 Å². The van der Waals surface area contributed by atoms with Crippen molar-refractivity contribution >= 4 is 17.5 Å². The number of hydrogen-bond donors (Lipinski definition) is 2. The van der Waals surface area contributed by atoms with Crippen molar-refractivity contribution in [3.8, 4) is 5.75 Å². The second-order valence-electron chi connectivity index (χ2n) is 3.25. The summed E-state index contributed by atoms with van der Waals surface area (Å²) in [5, 5.41) is 10.4. The second-order valence-corrected chi connectivity index (χ2v) is 3.25. The van der Waals surface area contributed by atoms with Crippen molar-refractivity contribution in [2.45, 2.75) is 0 Å². The molecule has 0 bridgehead atoms. The minimum atomic E-state index is -0.561. The van der Waals surface area contributed by atoms with Crippen molar-refractivity contribution < 1.29 is 9.66 Å². The largest absolute Gasteiger partial charge is 0.497 e. The van der Waals surface area contributed by atoms with Crippen LogP contribution in [-0.2, 0) is 0 Å². The Kier molecular flexibility index (Phi) is 4.61. The van der Waals surface area contributed by atoms with E-state index in [2.05, 4.69) is 9.98 Å². The Bertz CT molecular complexity index is 477. The predicted octanol–water partition coefficient (Wildman–Crippen LogP) is 0.275. The maximum absolute atomic E-state index is 10.4.